The van der Waals surface area contributed by atoms with Gasteiger partial charge in [0.25, 0.3) is 0 Å². The van der Waals surface area contributed by atoms with E-state index in [4.69, 9.17) is 21.8 Å². The van der Waals surface area contributed by atoms with Gasteiger partial charge in [-0.2, -0.15) is 0 Å². The van der Waals surface area contributed by atoms with E-state index in [1.807, 2.05) is 0 Å². The molecule has 2 amide bonds. The number of aliphatic carboxylic acids is 1. The lowest BCUT2D eigenvalue weighted by Crippen LogP contribution is -2.46. The molecule has 0 aliphatic carbocycles. The molecule has 0 saturated carbocycles. The first-order valence-electron chi connectivity index (χ1n) is 6.62. The molecule has 8 heteroatoms. The maximum absolute atomic E-state index is 12.0. The van der Waals surface area contributed by atoms with E-state index in [1.165, 1.54) is 4.90 Å². The number of hydrogen-bond donors (Lipinski definition) is 3. The monoisotopic (exact) mass is 326 g/mol. The van der Waals surface area contributed by atoms with Crippen molar-refractivity contribution in [3.05, 3.63) is 29.3 Å². The van der Waals surface area contributed by atoms with Crippen LogP contribution in [0.3, 0.4) is 0 Å². The van der Waals surface area contributed by atoms with E-state index in [-0.39, 0.29) is 18.9 Å². The van der Waals surface area contributed by atoms with Crippen molar-refractivity contribution in [1.82, 2.24) is 5.32 Å². The normalized spacial score (nSPS) is 19.1. The summed E-state index contributed by atoms with van der Waals surface area (Å²) in [5, 5.41) is 20.5. The van der Waals surface area contributed by atoms with E-state index >= 15 is 0 Å². The Labute approximate surface area is 131 Å². The number of benzene rings is 1. The summed E-state index contributed by atoms with van der Waals surface area (Å²) in [5.74, 6) is -2.77. The van der Waals surface area contributed by atoms with Crippen molar-refractivity contribution in [1.29, 1.82) is 0 Å². The highest BCUT2D eigenvalue weighted by Gasteiger charge is 2.36. The van der Waals surface area contributed by atoms with Gasteiger partial charge in [0.15, 0.2) is 0 Å². The van der Waals surface area contributed by atoms with Crippen LogP contribution in [-0.2, 0) is 14.4 Å². The van der Waals surface area contributed by atoms with E-state index in [1.54, 1.807) is 24.3 Å². The molecular formula is C14H15ClN2O5. The first-order chi connectivity index (χ1) is 10.4. The number of aliphatic hydroxyl groups excluding tert-OH is 1. The third-order valence-electron chi connectivity index (χ3n) is 3.43. The smallest absolute Gasteiger partial charge is 0.328 e. The standard InChI is InChI=1S/C14H15ClN2O5/c15-9-1-3-10(4-2-9)17-6-8(5-12(17)19)13(20)16-11(7-18)14(21)22/h1-4,8,11,18H,5-7H2,(H,16,20)(H,21,22). The Balaban J connectivity index is 2.04. The van der Waals surface area contributed by atoms with Gasteiger partial charge in [0.1, 0.15) is 6.04 Å². The summed E-state index contributed by atoms with van der Waals surface area (Å²) < 4.78 is 0. The molecule has 2 rings (SSSR count). The van der Waals surface area contributed by atoms with Gasteiger partial charge in [-0.05, 0) is 24.3 Å². The first kappa shape index (κ1) is 16.3. The Morgan fingerprint density at radius 3 is 2.55 bits per heavy atom. The molecule has 3 N–H and O–H groups in total. The maximum Gasteiger partial charge on any atom is 0.328 e. The number of hydrogen-bond acceptors (Lipinski definition) is 4. The van der Waals surface area contributed by atoms with Gasteiger partial charge in [0, 0.05) is 23.7 Å². The van der Waals surface area contributed by atoms with Crippen molar-refractivity contribution >= 4 is 35.1 Å². The van der Waals surface area contributed by atoms with E-state index in [9.17, 15) is 14.4 Å². The minimum absolute atomic E-state index is 0.00771. The van der Waals surface area contributed by atoms with Gasteiger partial charge in [0.2, 0.25) is 11.8 Å². The number of halogens is 1. The lowest BCUT2D eigenvalue weighted by atomic mass is 10.1. The highest BCUT2D eigenvalue weighted by atomic mass is 35.5. The van der Waals surface area contributed by atoms with Gasteiger partial charge in [0.05, 0.1) is 12.5 Å². The Kier molecular flexibility index (Phi) is 4.99. The van der Waals surface area contributed by atoms with E-state index in [2.05, 4.69) is 5.32 Å². The summed E-state index contributed by atoms with van der Waals surface area (Å²) in [6.45, 7) is -0.549. The number of nitrogens with one attached hydrogen (secondary N) is 1. The van der Waals surface area contributed by atoms with Crippen LogP contribution in [-0.4, -0.2) is 47.2 Å². The molecule has 0 spiro atoms. The summed E-state index contributed by atoms with van der Waals surface area (Å²) in [6, 6.07) is 5.27. The number of rotatable bonds is 5. The zero-order valence-corrected chi connectivity index (χ0v) is 12.3. The number of nitrogens with zero attached hydrogens (tertiary/aromatic N) is 1. The van der Waals surface area contributed by atoms with Crippen molar-refractivity contribution < 1.29 is 24.6 Å². The highest BCUT2D eigenvalue weighted by Crippen LogP contribution is 2.26. The molecule has 1 fully saturated rings. The molecule has 0 bridgehead atoms. The molecule has 7 nitrogen and oxygen atoms in total. The van der Waals surface area contributed by atoms with Crippen molar-refractivity contribution in [2.45, 2.75) is 12.5 Å². The summed E-state index contributed by atoms with van der Waals surface area (Å²) in [7, 11) is 0. The van der Waals surface area contributed by atoms with Crippen molar-refractivity contribution in [2.24, 2.45) is 5.92 Å². The van der Waals surface area contributed by atoms with Crippen molar-refractivity contribution in [2.75, 3.05) is 18.1 Å². The second kappa shape index (κ2) is 6.76. The van der Waals surface area contributed by atoms with Gasteiger partial charge in [-0.1, -0.05) is 11.6 Å². The fraction of sp³-hybridized carbons (Fsp3) is 0.357. The maximum atomic E-state index is 12.0. The van der Waals surface area contributed by atoms with Crippen LogP contribution in [0.4, 0.5) is 5.69 Å². The summed E-state index contributed by atoms with van der Waals surface area (Å²) in [4.78, 5) is 36.3. The van der Waals surface area contributed by atoms with Crippen LogP contribution in [0, 0.1) is 5.92 Å². The largest absolute Gasteiger partial charge is 0.480 e. The quantitative estimate of drug-likeness (QED) is 0.719. The third kappa shape index (κ3) is 3.55. The molecule has 1 saturated heterocycles. The average molecular weight is 327 g/mol. The van der Waals surface area contributed by atoms with Gasteiger partial charge in [-0.3, -0.25) is 9.59 Å². The molecule has 1 aliphatic rings. The topological polar surface area (TPSA) is 107 Å². The molecular weight excluding hydrogens is 312 g/mol. The first-order valence-corrected chi connectivity index (χ1v) is 7.00. The fourth-order valence-electron chi connectivity index (χ4n) is 2.23. The fourth-order valence-corrected chi connectivity index (χ4v) is 2.35. The van der Waals surface area contributed by atoms with Crippen molar-refractivity contribution in [3.63, 3.8) is 0 Å². The third-order valence-corrected chi connectivity index (χ3v) is 3.68. The van der Waals surface area contributed by atoms with Crippen LogP contribution < -0.4 is 10.2 Å². The number of carboxylic acid groups (broad SMARTS) is 1. The Morgan fingerprint density at radius 2 is 2.00 bits per heavy atom. The number of carbonyl (C=O) groups excluding carboxylic acids is 2. The molecule has 2 atom stereocenters. The van der Waals surface area contributed by atoms with Crippen LogP contribution in [0.1, 0.15) is 6.42 Å². The second-order valence-corrected chi connectivity index (χ2v) is 5.40. The second-order valence-electron chi connectivity index (χ2n) is 4.96. The SMILES string of the molecule is O=C(NC(CO)C(=O)O)C1CC(=O)N(c2ccc(Cl)cc2)C1. The molecule has 0 aromatic heterocycles. The van der Waals surface area contributed by atoms with Crippen LogP contribution >= 0.6 is 11.6 Å². The Hall–Kier alpha value is -2.12. The van der Waals surface area contributed by atoms with Crippen LogP contribution in [0.15, 0.2) is 24.3 Å². The van der Waals surface area contributed by atoms with E-state index in [0.717, 1.165) is 0 Å². The zero-order chi connectivity index (χ0) is 16.3. The predicted molar refractivity (Wildman–Crippen MR) is 78.6 cm³/mol. The van der Waals surface area contributed by atoms with E-state index in [0.29, 0.717) is 10.7 Å². The minimum atomic E-state index is -1.37. The Morgan fingerprint density at radius 1 is 1.36 bits per heavy atom. The number of aliphatic hydroxyl groups is 1. The molecule has 1 aliphatic heterocycles. The van der Waals surface area contributed by atoms with Gasteiger partial charge in [-0.25, -0.2) is 4.79 Å². The van der Waals surface area contributed by atoms with Crippen molar-refractivity contribution in [3.8, 4) is 0 Å². The Bertz CT molecular complexity index is 589. The molecule has 2 unspecified atom stereocenters. The molecule has 0 radical (unpaired) electrons. The van der Waals surface area contributed by atoms with Gasteiger partial charge in [-0.15, -0.1) is 0 Å². The predicted octanol–water partition coefficient (Wildman–Crippen LogP) is 0.255. The number of carbonyl (C=O) groups is 3. The van der Waals surface area contributed by atoms with Crippen LogP contribution in [0.5, 0.6) is 0 Å². The summed E-state index contributed by atoms with van der Waals surface area (Å²) in [5.41, 5.74) is 0.627. The molecule has 1 aromatic rings. The number of amides is 2. The summed E-state index contributed by atoms with van der Waals surface area (Å²) >= 11 is 5.79. The molecule has 1 heterocycles. The van der Waals surface area contributed by atoms with Crippen LogP contribution in [0.25, 0.3) is 0 Å². The van der Waals surface area contributed by atoms with E-state index < -0.39 is 30.4 Å². The lowest BCUT2D eigenvalue weighted by molar-refractivity contribution is -0.143. The van der Waals surface area contributed by atoms with Crippen LogP contribution in [0.2, 0.25) is 5.02 Å². The lowest BCUT2D eigenvalue weighted by Gasteiger charge is -2.18. The molecule has 1 aromatic carbocycles. The number of anilines is 1. The average Bonchev–Trinajstić information content (AvgIpc) is 2.87. The highest BCUT2D eigenvalue weighted by molar-refractivity contribution is 6.30. The van der Waals surface area contributed by atoms with Gasteiger partial charge >= 0.3 is 5.97 Å². The molecule has 118 valence electrons. The van der Waals surface area contributed by atoms with Gasteiger partial charge < -0.3 is 20.4 Å². The molecule has 22 heavy (non-hydrogen) atoms. The summed E-state index contributed by atoms with van der Waals surface area (Å²) in [6.07, 6.45) is -0.00771. The minimum Gasteiger partial charge on any atom is -0.480 e. The zero-order valence-electron chi connectivity index (χ0n) is 11.5. The number of carboxylic acids is 1.